The van der Waals surface area contributed by atoms with Gasteiger partial charge in [-0.1, -0.05) is 6.07 Å². The predicted octanol–water partition coefficient (Wildman–Crippen LogP) is 3.65. The molecule has 4 aromatic heterocycles. The van der Waals surface area contributed by atoms with Crippen molar-refractivity contribution in [3.63, 3.8) is 0 Å². The van der Waals surface area contributed by atoms with E-state index >= 15 is 0 Å². The molecular formula is C24H26FN9O. The summed E-state index contributed by atoms with van der Waals surface area (Å²) < 4.78 is 14.5. The van der Waals surface area contributed by atoms with E-state index in [0.29, 0.717) is 30.3 Å². The van der Waals surface area contributed by atoms with Crippen molar-refractivity contribution in [2.24, 2.45) is 5.92 Å². The molecule has 0 unspecified atom stereocenters. The number of nitrogens with one attached hydrogen (secondary N) is 3. The zero-order valence-corrected chi connectivity index (χ0v) is 19.7. The summed E-state index contributed by atoms with van der Waals surface area (Å²) in [5.41, 5.74) is 2.68. The summed E-state index contributed by atoms with van der Waals surface area (Å²) in [6.45, 7) is 5.78. The Morgan fingerprint density at radius 1 is 1.17 bits per heavy atom. The predicted molar refractivity (Wildman–Crippen MR) is 127 cm³/mol. The van der Waals surface area contributed by atoms with Crippen LogP contribution in [0, 0.1) is 25.6 Å². The lowest BCUT2D eigenvalue weighted by Crippen LogP contribution is -2.39. The number of amides is 1. The number of rotatable bonds is 7. The molecule has 11 heteroatoms. The van der Waals surface area contributed by atoms with E-state index in [1.807, 2.05) is 39.0 Å². The van der Waals surface area contributed by atoms with Crippen molar-refractivity contribution in [3.05, 3.63) is 71.4 Å². The van der Waals surface area contributed by atoms with Crippen molar-refractivity contribution in [2.75, 3.05) is 5.32 Å². The highest BCUT2D eigenvalue weighted by Gasteiger charge is 2.37. The highest BCUT2D eigenvalue weighted by molar-refractivity contribution is 5.80. The van der Waals surface area contributed by atoms with Crippen LogP contribution in [0.2, 0.25) is 0 Å². The third-order valence-electron chi connectivity index (χ3n) is 6.12. The molecule has 5 rings (SSSR count). The topological polar surface area (TPSA) is 126 Å². The Balaban J connectivity index is 1.16. The number of anilines is 2. The number of carbonyl (C=O) groups excluding carboxylic acids is 1. The molecule has 1 aliphatic rings. The molecule has 4 heterocycles. The summed E-state index contributed by atoms with van der Waals surface area (Å²) in [7, 11) is 0. The van der Waals surface area contributed by atoms with E-state index in [2.05, 4.69) is 40.9 Å². The monoisotopic (exact) mass is 475 g/mol. The zero-order chi connectivity index (χ0) is 24.5. The van der Waals surface area contributed by atoms with Crippen LogP contribution in [0.5, 0.6) is 0 Å². The van der Waals surface area contributed by atoms with Gasteiger partial charge in [0.05, 0.1) is 18.4 Å². The van der Waals surface area contributed by atoms with Crippen LogP contribution in [0.25, 0.3) is 5.82 Å². The van der Waals surface area contributed by atoms with Gasteiger partial charge < -0.3 is 10.6 Å². The Morgan fingerprint density at radius 2 is 2.00 bits per heavy atom. The van der Waals surface area contributed by atoms with Gasteiger partial charge in [0.25, 0.3) is 0 Å². The van der Waals surface area contributed by atoms with E-state index in [-0.39, 0.29) is 23.8 Å². The number of pyridine rings is 1. The first kappa shape index (κ1) is 22.6. The van der Waals surface area contributed by atoms with Crippen LogP contribution < -0.4 is 10.6 Å². The Kier molecular flexibility index (Phi) is 5.98. The summed E-state index contributed by atoms with van der Waals surface area (Å²) in [5.74, 6) is 2.27. The molecule has 1 saturated carbocycles. The van der Waals surface area contributed by atoms with Gasteiger partial charge in [0.1, 0.15) is 11.6 Å². The van der Waals surface area contributed by atoms with E-state index in [1.165, 1.54) is 10.9 Å². The number of aromatic nitrogens is 7. The van der Waals surface area contributed by atoms with Gasteiger partial charge in [0.15, 0.2) is 17.5 Å². The molecule has 180 valence electrons. The first-order valence-corrected chi connectivity index (χ1v) is 11.5. The van der Waals surface area contributed by atoms with Gasteiger partial charge in [-0.3, -0.25) is 9.89 Å². The number of halogens is 1. The largest absolute Gasteiger partial charge is 0.349 e. The van der Waals surface area contributed by atoms with Gasteiger partial charge in [0.2, 0.25) is 5.91 Å². The van der Waals surface area contributed by atoms with Crippen LogP contribution in [0.3, 0.4) is 0 Å². The third kappa shape index (κ3) is 5.03. The summed E-state index contributed by atoms with van der Waals surface area (Å²) in [5, 5.41) is 17.3. The van der Waals surface area contributed by atoms with Crippen LogP contribution in [-0.2, 0) is 4.79 Å². The molecule has 0 aromatic carbocycles. The van der Waals surface area contributed by atoms with Gasteiger partial charge in [-0.25, -0.2) is 24.0 Å². The maximum absolute atomic E-state index is 13.2. The Bertz CT molecular complexity index is 1340. The van der Waals surface area contributed by atoms with Crippen molar-refractivity contribution in [3.8, 4) is 5.82 Å². The van der Waals surface area contributed by atoms with Gasteiger partial charge in [-0.2, -0.15) is 10.2 Å². The molecule has 0 radical (unpaired) electrons. The zero-order valence-electron chi connectivity index (χ0n) is 19.7. The number of aromatic amines is 1. The van der Waals surface area contributed by atoms with Crippen LogP contribution in [-0.4, -0.2) is 40.8 Å². The number of nitrogens with zero attached hydrogens (tertiary/aromatic N) is 6. The van der Waals surface area contributed by atoms with E-state index in [4.69, 9.17) is 0 Å². The molecule has 1 amide bonds. The average Bonchev–Trinajstić information content (AvgIpc) is 3.40. The highest BCUT2D eigenvalue weighted by Crippen LogP contribution is 2.41. The second-order valence-electron chi connectivity index (χ2n) is 8.96. The van der Waals surface area contributed by atoms with Crippen molar-refractivity contribution in [1.82, 2.24) is 40.2 Å². The average molecular weight is 476 g/mol. The summed E-state index contributed by atoms with van der Waals surface area (Å²) in [4.78, 5) is 26.4. The minimum absolute atomic E-state index is 0.00460. The lowest BCUT2D eigenvalue weighted by molar-refractivity contribution is -0.128. The minimum atomic E-state index is -0.424. The first-order chi connectivity index (χ1) is 16.8. The maximum Gasteiger partial charge on any atom is 0.223 e. The molecule has 4 aromatic rings. The van der Waals surface area contributed by atoms with Crippen LogP contribution >= 0.6 is 0 Å². The maximum atomic E-state index is 13.2. The molecule has 10 nitrogen and oxygen atoms in total. The van der Waals surface area contributed by atoms with Crippen LogP contribution in [0.4, 0.5) is 16.0 Å². The molecule has 1 atom stereocenters. The quantitative estimate of drug-likeness (QED) is 0.372. The number of aryl methyl sites for hydroxylation is 2. The van der Waals surface area contributed by atoms with Crippen molar-refractivity contribution in [2.45, 2.75) is 45.6 Å². The summed E-state index contributed by atoms with van der Waals surface area (Å²) >= 11 is 0. The molecule has 0 spiro atoms. The van der Waals surface area contributed by atoms with Gasteiger partial charge in [0, 0.05) is 41.6 Å². The lowest BCUT2D eigenvalue weighted by Gasteiger charge is -2.34. The van der Waals surface area contributed by atoms with E-state index < -0.39 is 5.82 Å². The van der Waals surface area contributed by atoms with Crippen molar-refractivity contribution < 1.29 is 9.18 Å². The fraction of sp³-hybridized carbons (Fsp3) is 0.333. The van der Waals surface area contributed by atoms with E-state index in [0.717, 1.165) is 29.0 Å². The van der Waals surface area contributed by atoms with Crippen molar-refractivity contribution in [1.29, 1.82) is 0 Å². The van der Waals surface area contributed by atoms with Crippen LogP contribution in [0.15, 0.2) is 42.9 Å². The second-order valence-corrected chi connectivity index (χ2v) is 8.96. The van der Waals surface area contributed by atoms with Crippen molar-refractivity contribution >= 4 is 17.5 Å². The van der Waals surface area contributed by atoms with Gasteiger partial charge >= 0.3 is 0 Å². The SMILES string of the molecule is Cc1cc(Nc2cc(C)[nH]n2)nc([C@H]2C[C@H](C(=O)N[C@@H](C)c3ccc(-n4cc(F)cn4)nc3)C2)n1. The Morgan fingerprint density at radius 3 is 2.66 bits per heavy atom. The number of hydrogen-bond acceptors (Lipinski definition) is 7. The molecule has 0 saturated heterocycles. The number of H-pyrrole nitrogens is 1. The lowest BCUT2D eigenvalue weighted by atomic mass is 9.73. The number of hydrogen-bond donors (Lipinski definition) is 3. The standard InChI is InChI=1S/C24H26FN9O/c1-13-6-20(30-21-7-14(2)32-33-21)31-23(28-13)17-8-18(9-17)24(35)29-15(3)16-4-5-22(26-10-16)34-12-19(25)11-27-34/h4-7,10-12,15,17-18H,8-9H2,1-3H3,(H,29,35)(H2,28,30,31,32,33)/t15-,17-,18-/m0/s1. The van der Waals surface area contributed by atoms with Gasteiger partial charge in [-0.15, -0.1) is 0 Å². The highest BCUT2D eigenvalue weighted by atomic mass is 19.1. The fourth-order valence-corrected chi connectivity index (χ4v) is 4.12. The third-order valence-corrected chi connectivity index (χ3v) is 6.12. The molecule has 1 fully saturated rings. The first-order valence-electron chi connectivity index (χ1n) is 11.5. The number of carbonyl (C=O) groups is 1. The van der Waals surface area contributed by atoms with Crippen LogP contribution in [0.1, 0.15) is 54.5 Å². The van der Waals surface area contributed by atoms with Gasteiger partial charge in [-0.05, 0) is 45.2 Å². The second kappa shape index (κ2) is 9.24. The molecule has 0 aliphatic heterocycles. The smallest absolute Gasteiger partial charge is 0.223 e. The summed E-state index contributed by atoms with van der Waals surface area (Å²) in [6, 6.07) is 7.17. The minimum Gasteiger partial charge on any atom is -0.349 e. The molecule has 35 heavy (non-hydrogen) atoms. The fourth-order valence-electron chi connectivity index (χ4n) is 4.12. The normalized spacial score (nSPS) is 18.1. The Labute approximate surface area is 201 Å². The molecule has 1 aliphatic carbocycles. The summed E-state index contributed by atoms with van der Waals surface area (Å²) in [6.07, 6.45) is 5.45. The Hall–Kier alpha value is -4.15. The molecule has 3 N–H and O–H groups in total. The molecular weight excluding hydrogens is 449 g/mol. The molecule has 0 bridgehead atoms. The van der Waals surface area contributed by atoms with E-state index in [9.17, 15) is 9.18 Å². The van der Waals surface area contributed by atoms with E-state index in [1.54, 1.807) is 12.3 Å².